The van der Waals surface area contributed by atoms with E-state index < -0.39 is 11.9 Å². The van der Waals surface area contributed by atoms with Gasteiger partial charge in [-0.3, -0.25) is 0 Å². The molecule has 2 aromatic rings. The Morgan fingerprint density at radius 1 is 0.760 bits per heavy atom. The van der Waals surface area contributed by atoms with Crippen LogP contribution in [-0.4, -0.2) is 38.4 Å². The van der Waals surface area contributed by atoms with Crippen molar-refractivity contribution in [2.75, 3.05) is 37.9 Å². The Morgan fingerprint density at radius 3 is 1.36 bits per heavy atom. The van der Waals surface area contributed by atoms with Gasteiger partial charge in [0.25, 0.3) is 0 Å². The summed E-state index contributed by atoms with van der Waals surface area (Å²) in [4.78, 5) is 23.4. The predicted octanol–water partition coefficient (Wildman–Crippen LogP) is 1.88. The zero-order chi connectivity index (χ0) is 18.1. The van der Waals surface area contributed by atoms with Crippen LogP contribution in [0.25, 0.3) is 0 Å². The standard InChI is InChI=1S/C16H16N2O4.C2H4O/c17-13-5-1-11(2-6-13)15(19)21-9-10-22-16(20)12-3-7-14(18)8-4-12;1-2-3-1/h1-8H,9-10,17-18H2;1-2H2. The Labute approximate surface area is 145 Å². The lowest BCUT2D eigenvalue weighted by Crippen LogP contribution is -2.14. The summed E-state index contributed by atoms with van der Waals surface area (Å²) < 4.78 is 14.5. The summed E-state index contributed by atoms with van der Waals surface area (Å²) in [5.41, 5.74) is 13.0. The van der Waals surface area contributed by atoms with Crippen molar-refractivity contribution in [1.29, 1.82) is 0 Å². The van der Waals surface area contributed by atoms with Gasteiger partial charge in [-0.05, 0) is 48.5 Å². The topological polar surface area (TPSA) is 117 Å². The molecule has 25 heavy (non-hydrogen) atoms. The second-order valence-electron chi connectivity index (χ2n) is 5.13. The average molecular weight is 344 g/mol. The van der Waals surface area contributed by atoms with Crippen LogP contribution in [0.15, 0.2) is 48.5 Å². The second-order valence-corrected chi connectivity index (χ2v) is 5.13. The SMILES string of the molecule is C1CO1.Nc1ccc(C(=O)OCCOC(=O)c2ccc(N)cc2)cc1. The molecular formula is C18H20N2O5. The molecule has 0 aromatic heterocycles. The highest BCUT2D eigenvalue weighted by molar-refractivity contribution is 5.90. The highest BCUT2D eigenvalue weighted by atomic mass is 16.6. The molecule has 1 aliphatic rings. The maximum absolute atomic E-state index is 11.7. The first-order valence-corrected chi connectivity index (χ1v) is 7.69. The van der Waals surface area contributed by atoms with E-state index in [1.807, 2.05) is 0 Å². The number of carbonyl (C=O) groups is 2. The molecule has 1 fully saturated rings. The van der Waals surface area contributed by atoms with Crippen LogP contribution in [0.2, 0.25) is 0 Å². The van der Waals surface area contributed by atoms with Crippen molar-refractivity contribution in [3.63, 3.8) is 0 Å². The minimum Gasteiger partial charge on any atom is -0.458 e. The number of ether oxygens (including phenoxy) is 3. The van der Waals surface area contributed by atoms with Crippen molar-refractivity contribution >= 4 is 23.3 Å². The number of nitrogens with two attached hydrogens (primary N) is 2. The van der Waals surface area contributed by atoms with Gasteiger partial charge >= 0.3 is 11.9 Å². The molecule has 0 aliphatic carbocycles. The molecular weight excluding hydrogens is 324 g/mol. The van der Waals surface area contributed by atoms with Gasteiger partial charge in [0, 0.05) is 11.4 Å². The molecule has 1 aliphatic heterocycles. The molecule has 1 saturated heterocycles. The van der Waals surface area contributed by atoms with E-state index in [1.54, 1.807) is 48.5 Å². The number of hydrogen-bond acceptors (Lipinski definition) is 7. The van der Waals surface area contributed by atoms with Crippen LogP contribution in [0, 0.1) is 0 Å². The first-order chi connectivity index (χ1) is 12.1. The Hall–Kier alpha value is -3.06. The van der Waals surface area contributed by atoms with Crippen LogP contribution in [0.3, 0.4) is 0 Å². The van der Waals surface area contributed by atoms with E-state index in [1.165, 1.54) is 0 Å². The molecule has 0 radical (unpaired) electrons. The number of rotatable bonds is 5. The summed E-state index contributed by atoms with van der Waals surface area (Å²) in [6.07, 6.45) is 0. The largest absolute Gasteiger partial charge is 0.458 e. The molecule has 0 saturated carbocycles. The van der Waals surface area contributed by atoms with Crippen molar-refractivity contribution in [2.45, 2.75) is 0 Å². The van der Waals surface area contributed by atoms with Crippen LogP contribution < -0.4 is 11.5 Å². The van der Waals surface area contributed by atoms with Gasteiger partial charge in [-0.2, -0.15) is 0 Å². The lowest BCUT2D eigenvalue weighted by molar-refractivity contribution is 0.0265. The van der Waals surface area contributed by atoms with Gasteiger partial charge in [0.15, 0.2) is 0 Å². The van der Waals surface area contributed by atoms with Gasteiger partial charge in [-0.15, -0.1) is 0 Å². The monoisotopic (exact) mass is 344 g/mol. The average Bonchev–Trinajstić information content (AvgIpc) is 3.48. The zero-order valence-electron chi connectivity index (χ0n) is 13.6. The normalized spacial score (nSPS) is 11.7. The smallest absolute Gasteiger partial charge is 0.338 e. The van der Waals surface area contributed by atoms with Crippen LogP contribution in [0.4, 0.5) is 11.4 Å². The highest BCUT2D eigenvalue weighted by Crippen LogP contribution is 2.08. The zero-order valence-corrected chi connectivity index (χ0v) is 13.6. The summed E-state index contributed by atoms with van der Waals surface area (Å²) in [6, 6.07) is 12.7. The number of anilines is 2. The first-order valence-electron chi connectivity index (χ1n) is 7.69. The Kier molecular flexibility index (Phi) is 6.79. The molecule has 132 valence electrons. The summed E-state index contributed by atoms with van der Waals surface area (Å²) in [6.45, 7) is 1.95. The fourth-order valence-corrected chi connectivity index (χ4v) is 1.67. The summed E-state index contributed by atoms with van der Waals surface area (Å²) in [7, 11) is 0. The van der Waals surface area contributed by atoms with Gasteiger partial charge < -0.3 is 25.7 Å². The molecule has 4 N–H and O–H groups in total. The van der Waals surface area contributed by atoms with Crippen LogP contribution in [0.1, 0.15) is 20.7 Å². The molecule has 0 bridgehead atoms. The molecule has 2 aromatic carbocycles. The molecule has 1 heterocycles. The van der Waals surface area contributed by atoms with E-state index in [4.69, 9.17) is 20.9 Å². The van der Waals surface area contributed by atoms with E-state index in [2.05, 4.69) is 4.74 Å². The highest BCUT2D eigenvalue weighted by Gasteiger charge is 2.09. The van der Waals surface area contributed by atoms with E-state index in [9.17, 15) is 9.59 Å². The van der Waals surface area contributed by atoms with E-state index in [0.717, 1.165) is 13.2 Å². The Morgan fingerprint density at radius 2 is 1.08 bits per heavy atom. The van der Waals surface area contributed by atoms with E-state index >= 15 is 0 Å². The summed E-state index contributed by atoms with van der Waals surface area (Å²) >= 11 is 0. The van der Waals surface area contributed by atoms with Gasteiger partial charge in [0.1, 0.15) is 13.2 Å². The van der Waals surface area contributed by atoms with Gasteiger partial charge in [-0.25, -0.2) is 9.59 Å². The van der Waals surface area contributed by atoms with Gasteiger partial charge in [-0.1, -0.05) is 0 Å². The Balaban J connectivity index is 0.000000676. The van der Waals surface area contributed by atoms with E-state index in [-0.39, 0.29) is 13.2 Å². The van der Waals surface area contributed by atoms with Crippen LogP contribution in [-0.2, 0) is 14.2 Å². The van der Waals surface area contributed by atoms with Gasteiger partial charge in [0.05, 0.1) is 24.3 Å². The van der Waals surface area contributed by atoms with Crippen molar-refractivity contribution < 1.29 is 23.8 Å². The van der Waals surface area contributed by atoms with Crippen LogP contribution >= 0.6 is 0 Å². The van der Waals surface area contributed by atoms with Crippen LogP contribution in [0.5, 0.6) is 0 Å². The molecule has 0 amide bonds. The van der Waals surface area contributed by atoms with Crippen molar-refractivity contribution in [3.8, 4) is 0 Å². The minimum absolute atomic E-state index is 0.0239. The number of epoxide rings is 1. The fourth-order valence-electron chi connectivity index (χ4n) is 1.67. The quantitative estimate of drug-likeness (QED) is 0.368. The van der Waals surface area contributed by atoms with E-state index in [0.29, 0.717) is 22.5 Å². The van der Waals surface area contributed by atoms with Crippen molar-refractivity contribution in [1.82, 2.24) is 0 Å². The summed E-state index contributed by atoms with van der Waals surface area (Å²) in [5.74, 6) is -0.993. The minimum atomic E-state index is -0.497. The van der Waals surface area contributed by atoms with Crippen molar-refractivity contribution in [2.24, 2.45) is 0 Å². The number of esters is 2. The third-order valence-corrected chi connectivity index (χ3v) is 3.05. The molecule has 0 atom stereocenters. The maximum Gasteiger partial charge on any atom is 0.338 e. The predicted molar refractivity (Wildman–Crippen MR) is 93.1 cm³/mol. The fraction of sp³-hybridized carbons (Fsp3) is 0.222. The lowest BCUT2D eigenvalue weighted by Gasteiger charge is -2.07. The third kappa shape index (κ3) is 6.92. The van der Waals surface area contributed by atoms with Gasteiger partial charge in [0.2, 0.25) is 0 Å². The number of carbonyl (C=O) groups excluding carboxylic acids is 2. The van der Waals surface area contributed by atoms with Crippen molar-refractivity contribution in [3.05, 3.63) is 59.7 Å². The molecule has 7 heteroatoms. The molecule has 0 spiro atoms. The second kappa shape index (κ2) is 9.29. The first kappa shape index (κ1) is 18.3. The lowest BCUT2D eigenvalue weighted by atomic mass is 10.2. The maximum atomic E-state index is 11.7. The molecule has 3 rings (SSSR count). The number of hydrogen-bond donors (Lipinski definition) is 2. The third-order valence-electron chi connectivity index (χ3n) is 3.05. The Bertz CT molecular complexity index is 634. The number of nitrogen functional groups attached to an aromatic ring is 2. The molecule has 0 unspecified atom stereocenters. The number of benzene rings is 2. The summed E-state index contributed by atoms with van der Waals surface area (Å²) in [5, 5.41) is 0. The molecule has 7 nitrogen and oxygen atoms in total.